The lowest BCUT2D eigenvalue weighted by molar-refractivity contribution is -0.121. The third kappa shape index (κ3) is 14.5. The van der Waals surface area contributed by atoms with Crippen molar-refractivity contribution in [1.29, 1.82) is 0 Å². The van der Waals surface area contributed by atoms with Crippen LogP contribution in [0, 0.1) is 0 Å². The highest BCUT2D eigenvalue weighted by molar-refractivity contribution is 6.30. The maximum absolute atomic E-state index is 12.4. The van der Waals surface area contributed by atoms with Crippen molar-refractivity contribution in [2.45, 2.75) is 110 Å². The standard InChI is InChI=1S/C33H47ClN2O4/c1-3-4-5-6-7-8-9-10-11-12-13-14-15-16-17-18-32(37)36-35-26-27-19-24-30(31(25-27)39-2)40-33(38)28-20-22-29(34)23-21-28/h19-26H,3-18H2,1-2H3,(H,36,37)/b35-26+. The number of methoxy groups -OCH3 is 1. The Bertz CT molecular complexity index is 1020. The average molecular weight is 571 g/mol. The van der Waals surface area contributed by atoms with Gasteiger partial charge in [-0.25, -0.2) is 10.2 Å². The largest absolute Gasteiger partial charge is 0.493 e. The van der Waals surface area contributed by atoms with Crippen molar-refractivity contribution < 1.29 is 19.1 Å². The average Bonchev–Trinajstić information content (AvgIpc) is 2.96. The maximum atomic E-state index is 12.4. The molecule has 0 fully saturated rings. The molecule has 0 unspecified atom stereocenters. The quantitative estimate of drug-likeness (QED) is 0.0533. The van der Waals surface area contributed by atoms with Gasteiger partial charge in [-0.3, -0.25) is 4.79 Å². The van der Waals surface area contributed by atoms with Crippen LogP contribution in [0.2, 0.25) is 5.02 Å². The molecule has 40 heavy (non-hydrogen) atoms. The number of benzene rings is 2. The Morgan fingerprint density at radius 1 is 0.775 bits per heavy atom. The van der Waals surface area contributed by atoms with Crippen molar-refractivity contribution in [1.82, 2.24) is 5.43 Å². The van der Waals surface area contributed by atoms with Crippen LogP contribution < -0.4 is 14.9 Å². The highest BCUT2D eigenvalue weighted by Crippen LogP contribution is 2.28. The molecule has 0 saturated heterocycles. The maximum Gasteiger partial charge on any atom is 0.343 e. The first-order valence-corrected chi connectivity index (χ1v) is 15.4. The number of nitrogens with zero attached hydrogens (tertiary/aromatic N) is 1. The first-order chi connectivity index (χ1) is 19.5. The molecule has 2 rings (SSSR count). The predicted octanol–water partition coefficient (Wildman–Crippen LogP) is 9.28. The summed E-state index contributed by atoms with van der Waals surface area (Å²) < 4.78 is 10.8. The van der Waals surface area contributed by atoms with Crippen molar-refractivity contribution in [2.75, 3.05) is 7.11 Å². The summed E-state index contributed by atoms with van der Waals surface area (Å²) in [6, 6.07) is 11.5. The van der Waals surface area contributed by atoms with Crippen LogP contribution in [0.15, 0.2) is 47.6 Å². The molecular weight excluding hydrogens is 524 g/mol. The monoisotopic (exact) mass is 570 g/mol. The number of halogens is 1. The Morgan fingerprint density at radius 3 is 1.88 bits per heavy atom. The van der Waals surface area contributed by atoms with Gasteiger partial charge in [0.15, 0.2) is 11.5 Å². The topological polar surface area (TPSA) is 77.0 Å². The number of rotatable bonds is 21. The van der Waals surface area contributed by atoms with E-state index in [9.17, 15) is 9.59 Å². The fourth-order valence-corrected chi connectivity index (χ4v) is 4.61. The highest BCUT2D eigenvalue weighted by atomic mass is 35.5. The van der Waals surface area contributed by atoms with E-state index < -0.39 is 5.97 Å². The fraction of sp³-hybridized carbons (Fsp3) is 0.545. The van der Waals surface area contributed by atoms with E-state index in [1.165, 1.54) is 96.8 Å². The van der Waals surface area contributed by atoms with Gasteiger partial charge in [0, 0.05) is 11.4 Å². The Hall–Kier alpha value is -2.86. The molecule has 0 radical (unpaired) electrons. The number of hydrazone groups is 1. The Labute approximate surface area is 245 Å². The second-order valence-corrected chi connectivity index (χ2v) is 10.7. The molecule has 1 N–H and O–H groups in total. The molecule has 0 aliphatic rings. The minimum absolute atomic E-state index is 0.0913. The van der Waals surface area contributed by atoms with Gasteiger partial charge in [-0.15, -0.1) is 0 Å². The van der Waals surface area contributed by atoms with Crippen LogP contribution in [0.1, 0.15) is 126 Å². The number of amides is 1. The number of hydrogen-bond donors (Lipinski definition) is 1. The molecule has 2 aromatic carbocycles. The Morgan fingerprint density at radius 2 is 1.32 bits per heavy atom. The number of ether oxygens (including phenoxy) is 2. The molecule has 7 heteroatoms. The fourth-order valence-electron chi connectivity index (χ4n) is 4.49. The minimum Gasteiger partial charge on any atom is -0.493 e. The molecule has 0 aliphatic carbocycles. The number of esters is 1. The summed E-state index contributed by atoms with van der Waals surface area (Å²) in [6.45, 7) is 2.27. The van der Waals surface area contributed by atoms with E-state index in [-0.39, 0.29) is 11.7 Å². The number of nitrogens with one attached hydrogen (secondary N) is 1. The normalized spacial score (nSPS) is 11.1. The molecule has 0 bridgehead atoms. The van der Waals surface area contributed by atoms with Crippen molar-refractivity contribution in [3.63, 3.8) is 0 Å². The first kappa shape index (κ1) is 33.3. The molecule has 2 aromatic rings. The lowest BCUT2D eigenvalue weighted by atomic mass is 10.0. The number of carbonyl (C=O) groups excluding carboxylic acids is 2. The first-order valence-electron chi connectivity index (χ1n) is 15.0. The van der Waals surface area contributed by atoms with Gasteiger partial charge in [-0.1, -0.05) is 108 Å². The van der Waals surface area contributed by atoms with Gasteiger partial charge in [-0.2, -0.15) is 5.10 Å². The van der Waals surface area contributed by atoms with Crippen LogP contribution in [0.3, 0.4) is 0 Å². The van der Waals surface area contributed by atoms with Crippen molar-refractivity contribution in [2.24, 2.45) is 5.10 Å². The second-order valence-electron chi connectivity index (χ2n) is 10.3. The van der Waals surface area contributed by atoms with Gasteiger partial charge in [0.05, 0.1) is 18.9 Å². The minimum atomic E-state index is -0.512. The van der Waals surface area contributed by atoms with Crippen LogP contribution in [0.4, 0.5) is 0 Å². The van der Waals surface area contributed by atoms with Crippen molar-refractivity contribution in [3.8, 4) is 11.5 Å². The molecule has 0 heterocycles. The van der Waals surface area contributed by atoms with Gasteiger partial charge in [0.1, 0.15) is 0 Å². The summed E-state index contributed by atoms with van der Waals surface area (Å²) in [6.07, 6.45) is 21.5. The molecule has 1 amide bonds. The van der Waals surface area contributed by atoms with E-state index in [0.717, 1.165) is 12.8 Å². The summed E-state index contributed by atoms with van der Waals surface area (Å²) in [5.74, 6) is 0.0704. The molecule has 0 atom stereocenters. The third-order valence-electron chi connectivity index (χ3n) is 6.88. The number of hydrogen-bond acceptors (Lipinski definition) is 5. The number of unbranched alkanes of at least 4 members (excludes halogenated alkanes) is 14. The summed E-state index contributed by atoms with van der Waals surface area (Å²) in [5.41, 5.74) is 3.67. The summed E-state index contributed by atoms with van der Waals surface area (Å²) in [5, 5.41) is 4.59. The third-order valence-corrected chi connectivity index (χ3v) is 7.13. The Kier molecular flexibility index (Phi) is 17.5. The van der Waals surface area contributed by atoms with E-state index in [0.29, 0.717) is 28.3 Å². The highest BCUT2D eigenvalue weighted by Gasteiger charge is 2.13. The van der Waals surface area contributed by atoms with E-state index >= 15 is 0 Å². The van der Waals surface area contributed by atoms with Gasteiger partial charge in [0.25, 0.3) is 0 Å². The van der Waals surface area contributed by atoms with Gasteiger partial charge >= 0.3 is 5.97 Å². The van der Waals surface area contributed by atoms with Gasteiger partial charge in [0.2, 0.25) is 5.91 Å². The van der Waals surface area contributed by atoms with Gasteiger partial charge in [-0.05, 0) is 54.4 Å². The van der Waals surface area contributed by atoms with Crippen LogP contribution in [0.25, 0.3) is 0 Å². The van der Waals surface area contributed by atoms with Crippen molar-refractivity contribution in [3.05, 3.63) is 58.6 Å². The smallest absolute Gasteiger partial charge is 0.343 e. The molecular formula is C33H47ClN2O4. The van der Waals surface area contributed by atoms with Crippen LogP contribution >= 0.6 is 11.6 Å². The molecule has 0 saturated carbocycles. The molecule has 6 nitrogen and oxygen atoms in total. The SMILES string of the molecule is CCCCCCCCCCCCCCCCCC(=O)N/N=C/c1ccc(OC(=O)c2ccc(Cl)cc2)c(OC)c1. The molecule has 0 spiro atoms. The zero-order valence-corrected chi connectivity index (χ0v) is 25.1. The zero-order valence-electron chi connectivity index (χ0n) is 24.4. The lowest BCUT2D eigenvalue weighted by Gasteiger charge is -2.10. The van der Waals surface area contributed by atoms with Crippen LogP contribution in [-0.4, -0.2) is 25.2 Å². The summed E-state index contributed by atoms with van der Waals surface area (Å²) in [4.78, 5) is 24.5. The zero-order chi connectivity index (χ0) is 28.8. The van der Waals surface area contributed by atoms with Crippen LogP contribution in [0.5, 0.6) is 11.5 Å². The molecule has 220 valence electrons. The molecule has 0 aromatic heterocycles. The summed E-state index contributed by atoms with van der Waals surface area (Å²) >= 11 is 5.87. The molecule has 0 aliphatic heterocycles. The van der Waals surface area contributed by atoms with E-state index in [4.69, 9.17) is 21.1 Å². The van der Waals surface area contributed by atoms with E-state index in [2.05, 4.69) is 17.5 Å². The second kappa shape index (κ2) is 21.0. The number of carbonyl (C=O) groups is 2. The lowest BCUT2D eigenvalue weighted by Crippen LogP contribution is -2.16. The van der Waals surface area contributed by atoms with Crippen LogP contribution in [-0.2, 0) is 4.79 Å². The van der Waals surface area contributed by atoms with Crippen molar-refractivity contribution >= 4 is 29.7 Å². The van der Waals surface area contributed by atoms with Gasteiger partial charge < -0.3 is 9.47 Å². The predicted molar refractivity (Wildman–Crippen MR) is 165 cm³/mol. The summed E-state index contributed by atoms with van der Waals surface area (Å²) in [7, 11) is 1.49. The Balaban J connectivity index is 1.55. The van der Waals surface area contributed by atoms with E-state index in [1.54, 1.807) is 42.5 Å². The van der Waals surface area contributed by atoms with E-state index in [1.807, 2.05) is 0 Å².